The molecular weight excluding hydrogens is 510 g/mol. The summed E-state index contributed by atoms with van der Waals surface area (Å²) in [5, 5.41) is 35.0. The van der Waals surface area contributed by atoms with E-state index in [9.17, 15) is 24.9 Å². The van der Waals surface area contributed by atoms with Crippen molar-refractivity contribution in [2.45, 2.75) is 59.3 Å². The predicted molar refractivity (Wildman–Crippen MR) is 155 cm³/mol. The van der Waals surface area contributed by atoms with Crippen LogP contribution in [-0.4, -0.2) is 67.1 Å². The molecule has 210 valence electrons. The van der Waals surface area contributed by atoms with Crippen LogP contribution in [0.25, 0.3) is 43.6 Å². The minimum Gasteiger partial charge on any atom is -0.390 e. The standard InChI is InChI=1S/C27H23N3O6.2C2H6/c1-11-22(31)23(32)26(36-27(11)35)30-15-10-6-4-8-13(15)17-19-18(24(33)29(2)25(19)34)16-12-7-3-5-9-14(12)28-20(16)21(17)30;2*1-2/h3-11,22-23,26-28,31-32,35H,1-2H3;2*1-2H3. The van der Waals surface area contributed by atoms with Crippen molar-refractivity contribution in [2.75, 3.05) is 7.05 Å². The first-order valence-electron chi connectivity index (χ1n) is 13.8. The molecule has 1 fully saturated rings. The number of rotatable bonds is 1. The second-order valence-corrected chi connectivity index (χ2v) is 9.71. The van der Waals surface area contributed by atoms with Crippen LogP contribution in [0.5, 0.6) is 0 Å². The van der Waals surface area contributed by atoms with Crippen molar-refractivity contribution in [2.24, 2.45) is 5.92 Å². The smallest absolute Gasteiger partial charge is 0.262 e. The van der Waals surface area contributed by atoms with Gasteiger partial charge in [0.25, 0.3) is 11.8 Å². The first-order chi connectivity index (χ1) is 19.3. The van der Waals surface area contributed by atoms with Gasteiger partial charge in [-0.2, -0.15) is 0 Å². The number of aliphatic hydroxyl groups excluding tert-OH is 3. The summed E-state index contributed by atoms with van der Waals surface area (Å²) in [6.07, 6.45) is -5.05. The maximum Gasteiger partial charge on any atom is 0.262 e. The zero-order chi connectivity index (χ0) is 29.0. The van der Waals surface area contributed by atoms with E-state index < -0.39 is 36.6 Å². The summed E-state index contributed by atoms with van der Waals surface area (Å²) in [6.45, 7) is 9.60. The number of fused-ring (bicyclic) bond motifs is 10. The lowest BCUT2D eigenvalue weighted by molar-refractivity contribution is -0.280. The molecule has 9 heteroatoms. The van der Waals surface area contributed by atoms with E-state index in [1.807, 2.05) is 76.2 Å². The van der Waals surface area contributed by atoms with Crippen LogP contribution in [-0.2, 0) is 4.74 Å². The van der Waals surface area contributed by atoms with Crippen LogP contribution >= 0.6 is 0 Å². The van der Waals surface area contributed by atoms with Crippen molar-refractivity contribution in [1.29, 1.82) is 0 Å². The number of benzene rings is 3. The third kappa shape index (κ3) is 3.62. The summed E-state index contributed by atoms with van der Waals surface area (Å²) in [5.74, 6) is -1.49. The number of nitrogens with one attached hydrogen (secondary N) is 1. The fourth-order valence-electron chi connectivity index (χ4n) is 5.92. The number of imide groups is 1. The quantitative estimate of drug-likeness (QED) is 0.222. The lowest BCUT2D eigenvalue weighted by Crippen LogP contribution is -2.51. The average Bonchev–Trinajstić information content (AvgIpc) is 3.61. The normalized spacial score (nSPS) is 24.3. The van der Waals surface area contributed by atoms with E-state index >= 15 is 0 Å². The van der Waals surface area contributed by atoms with Gasteiger partial charge in [-0.05, 0) is 12.1 Å². The molecule has 1 saturated heterocycles. The minimum absolute atomic E-state index is 0.296. The molecule has 2 aromatic heterocycles. The van der Waals surface area contributed by atoms with Gasteiger partial charge < -0.3 is 29.6 Å². The van der Waals surface area contributed by atoms with Gasteiger partial charge in [-0.25, -0.2) is 0 Å². The van der Waals surface area contributed by atoms with Crippen molar-refractivity contribution in [3.8, 4) is 0 Å². The van der Waals surface area contributed by atoms with Gasteiger partial charge in [0.15, 0.2) is 12.5 Å². The largest absolute Gasteiger partial charge is 0.390 e. The van der Waals surface area contributed by atoms with Crippen molar-refractivity contribution in [3.63, 3.8) is 0 Å². The highest BCUT2D eigenvalue weighted by molar-refractivity contribution is 6.39. The Morgan fingerprint density at radius 3 is 2.05 bits per heavy atom. The number of carbonyl (C=O) groups excluding carboxylic acids is 2. The predicted octanol–water partition coefficient (Wildman–Crippen LogP) is 4.91. The van der Waals surface area contributed by atoms with Crippen LogP contribution in [0.15, 0.2) is 48.5 Å². The van der Waals surface area contributed by atoms with Gasteiger partial charge in [-0.15, -0.1) is 0 Å². The Morgan fingerprint density at radius 2 is 1.38 bits per heavy atom. The molecule has 0 spiro atoms. The summed E-state index contributed by atoms with van der Waals surface area (Å²) in [4.78, 5) is 31.4. The fourth-order valence-corrected chi connectivity index (χ4v) is 5.92. The Morgan fingerprint density at radius 1 is 0.800 bits per heavy atom. The molecule has 2 aliphatic heterocycles. The summed E-state index contributed by atoms with van der Waals surface area (Å²) in [7, 11) is 1.47. The number of H-pyrrole nitrogens is 1. The van der Waals surface area contributed by atoms with Gasteiger partial charge in [-0.1, -0.05) is 71.0 Å². The summed E-state index contributed by atoms with van der Waals surface area (Å²) < 4.78 is 7.61. The Kier molecular flexibility index (Phi) is 7.18. The molecule has 4 N–H and O–H groups in total. The molecule has 4 heterocycles. The van der Waals surface area contributed by atoms with E-state index in [0.29, 0.717) is 43.8 Å². The number of amides is 2. The second kappa shape index (κ2) is 10.3. The molecule has 0 aliphatic carbocycles. The molecule has 0 radical (unpaired) electrons. The summed E-state index contributed by atoms with van der Waals surface area (Å²) >= 11 is 0. The molecule has 2 amide bonds. The number of hydrogen-bond donors (Lipinski definition) is 4. The minimum atomic E-state index is -1.35. The highest BCUT2D eigenvalue weighted by atomic mass is 16.6. The van der Waals surface area contributed by atoms with Crippen molar-refractivity contribution >= 4 is 55.4 Å². The molecule has 2 aliphatic rings. The topological polar surface area (TPSA) is 128 Å². The molecular formula is C31H35N3O6. The van der Waals surface area contributed by atoms with E-state index in [4.69, 9.17) is 4.74 Å². The Hall–Kier alpha value is -3.76. The number of nitrogens with zero attached hydrogens (tertiary/aromatic N) is 2. The van der Waals surface area contributed by atoms with E-state index in [1.54, 1.807) is 11.5 Å². The van der Waals surface area contributed by atoms with Crippen LogP contribution in [0.4, 0.5) is 0 Å². The SMILES string of the molecule is CC.CC.CC1C(O)OC(n2c3ccccc3c3c4c(c5c6ccccc6[nH]c5c32)C(=O)N(C)C4=O)C(O)C1O. The maximum atomic E-state index is 13.5. The number of aliphatic hydroxyl groups is 3. The number of hydrogen-bond acceptors (Lipinski definition) is 6. The second-order valence-electron chi connectivity index (χ2n) is 9.71. The zero-order valence-corrected chi connectivity index (χ0v) is 23.5. The lowest BCUT2D eigenvalue weighted by Gasteiger charge is -2.40. The van der Waals surface area contributed by atoms with Gasteiger partial charge in [0.05, 0.1) is 33.8 Å². The van der Waals surface area contributed by atoms with Crippen LogP contribution < -0.4 is 0 Å². The Labute approximate surface area is 231 Å². The summed E-state index contributed by atoms with van der Waals surface area (Å²) in [6, 6.07) is 14.9. The molecule has 5 aromatic rings. The maximum absolute atomic E-state index is 13.5. The Balaban J connectivity index is 0.000000774. The fraction of sp³-hybridized carbons (Fsp3) is 0.355. The number of para-hydroxylation sites is 2. The van der Waals surface area contributed by atoms with E-state index in [2.05, 4.69) is 4.98 Å². The summed E-state index contributed by atoms with van der Waals surface area (Å²) in [5.41, 5.74) is 3.21. The molecule has 0 saturated carbocycles. The molecule has 3 aromatic carbocycles. The van der Waals surface area contributed by atoms with Crippen LogP contribution in [0.2, 0.25) is 0 Å². The molecule has 40 heavy (non-hydrogen) atoms. The number of ether oxygens (including phenoxy) is 1. The molecule has 7 rings (SSSR count). The molecule has 5 atom stereocenters. The van der Waals surface area contributed by atoms with Gasteiger partial charge >= 0.3 is 0 Å². The van der Waals surface area contributed by atoms with Crippen LogP contribution in [0.3, 0.4) is 0 Å². The monoisotopic (exact) mass is 545 g/mol. The molecule has 0 bridgehead atoms. The highest BCUT2D eigenvalue weighted by Gasteiger charge is 2.45. The average molecular weight is 546 g/mol. The van der Waals surface area contributed by atoms with Gasteiger partial charge in [0.2, 0.25) is 0 Å². The van der Waals surface area contributed by atoms with Crippen LogP contribution in [0, 0.1) is 5.92 Å². The van der Waals surface area contributed by atoms with Crippen molar-refractivity contribution < 1.29 is 29.6 Å². The van der Waals surface area contributed by atoms with Gasteiger partial charge in [-0.3, -0.25) is 14.5 Å². The number of carbonyl (C=O) groups is 2. The number of aromatic nitrogens is 2. The third-order valence-corrected chi connectivity index (χ3v) is 7.80. The van der Waals surface area contributed by atoms with E-state index in [0.717, 1.165) is 15.8 Å². The molecule has 9 nitrogen and oxygen atoms in total. The number of aromatic amines is 1. The highest BCUT2D eigenvalue weighted by Crippen LogP contribution is 2.47. The van der Waals surface area contributed by atoms with E-state index in [1.165, 1.54) is 7.05 Å². The molecule has 5 unspecified atom stereocenters. The van der Waals surface area contributed by atoms with Gasteiger partial charge in [0.1, 0.15) is 6.10 Å². The van der Waals surface area contributed by atoms with E-state index in [-0.39, 0.29) is 5.91 Å². The third-order valence-electron chi connectivity index (χ3n) is 7.80. The zero-order valence-electron chi connectivity index (χ0n) is 23.5. The Bertz CT molecular complexity index is 1770. The first-order valence-corrected chi connectivity index (χ1v) is 13.8. The van der Waals surface area contributed by atoms with Crippen molar-refractivity contribution in [1.82, 2.24) is 14.5 Å². The van der Waals surface area contributed by atoms with Crippen LogP contribution in [0.1, 0.15) is 61.6 Å². The lowest BCUT2D eigenvalue weighted by atomic mass is 9.94. The van der Waals surface area contributed by atoms with Crippen molar-refractivity contribution in [3.05, 3.63) is 59.7 Å². The first kappa shape index (κ1) is 27.8. The van der Waals surface area contributed by atoms with Gasteiger partial charge in [0, 0.05) is 40.0 Å².